The fourth-order valence-corrected chi connectivity index (χ4v) is 2.13. The SMILES string of the molecule is CC(C)COc1ccc(C=O)c(I)c1OCC(C)C. The molecule has 0 amide bonds. The Morgan fingerprint density at radius 2 is 1.68 bits per heavy atom. The summed E-state index contributed by atoms with van der Waals surface area (Å²) in [6.07, 6.45) is 0.843. The molecule has 0 spiro atoms. The van der Waals surface area contributed by atoms with E-state index >= 15 is 0 Å². The van der Waals surface area contributed by atoms with E-state index in [1.807, 2.05) is 6.07 Å². The topological polar surface area (TPSA) is 35.5 Å². The average molecular weight is 376 g/mol. The Balaban J connectivity index is 3.00. The van der Waals surface area contributed by atoms with Crippen molar-refractivity contribution in [3.05, 3.63) is 21.3 Å². The molecule has 1 aromatic rings. The standard InChI is InChI=1S/C15H21IO3/c1-10(2)8-18-13-6-5-12(7-17)14(16)15(13)19-9-11(3)4/h5-7,10-11H,8-9H2,1-4H3. The van der Waals surface area contributed by atoms with E-state index < -0.39 is 0 Å². The molecule has 0 aliphatic heterocycles. The van der Waals surface area contributed by atoms with Crippen LogP contribution in [0, 0.1) is 15.4 Å². The third-order valence-electron chi connectivity index (χ3n) is 2.35. The third kappa shape index (κ3) is 5.01. The monoisotopic (exact) mass is 376 g/mol. The van der Waals surface area contributed by atoms with Gasteiger partial charge in [-0.2, -0.15) is 0 Å². The van der Waals surface area contributed by atoms with Gasteiger partial charge < -0.3 is 9.47 Å². The molecule has 3 nitrogen and oxygen atoms in total. The number of hydrogen-bond acceptors (Lipinski definition) is 3. The molecular weight excluding hydrogens is 355 g/mol. The number of rotatable bonds is 7. The molecule has 0 fully saturated rings. The van der Waals surface area contributed by atoms with Crippen LogP contribution >= 0.6 is 22.6 Å². The van der Waals surface area contributed by atoms with Gasteiger partial charge in [-0.3, -0.25) is 4.79 Å². The molecule has 0 unspecified atom stereocenters. The Kier molecular flexibility index (Phi) is 6.62. The first-order valence-electron chi connectivity index (χ1n) is 6.49. The van der Waals surface area contributed by atoms with Crippen molar-refractivity contribution in [3.63, 3.8) is 0 Å². The first-order valence-corrected chi connectivity index (χ1v) is 7.56. The van der Waals surface area contributed by atoms with Crippen molar-refractivity contribution in [1.29, 1.82) is 0 Å². The maximum absolute atomic E-state index is 11.0. The van der Waals surface area contributed by atoms with E-state index in [4.69, 9.17) is 9.47 Å². The molecule has 0 aromatic heterocycles. The highest BCUT2D eigenvalue weighted by Gasteiger charge is 2.14. The smallest absolute Gasteiger partial charge is 0.175 e. The molecule has 0 radical (unpaired) electrons. The van der Waals surface area contributed by atoms with Gasteiger partial charge in [0.05, 0.1) is 16.8 Å². The summed E-state index contributed by atoms with van der Waals surface area (Å²) in [5.41, 5.74) is 0.635. The number of halogens is 1. The Bertz CT molecular complexity index is 428. The number of benzene rings is 1. The number of hydrogen-bond donors (Lipinski definition) is 0. The van der Waals surface area contributed by atoms with Crippen LogP contribution < -0.4 is 9.47 Å². The molecule has 0 aliphatic rings. The van der Waals surface area contributed by atoms with Gasteiger partial charge in [-0.05, 0) is 46.6 Å². The maximum atomic E-state index is 11.0. The van der Waals surface area contributed by atoms with Crippen molar-refractivity contribution in [2.45, 2.75) is 27.7 Å². The van der Waals surface area contributed by atoms with Crippen molar-refractivity contribution in [1.82, 2.24) is 0 Å². The highest BCUT2D eigenvalue weighted by atomic mass is 127. The highest BCUT2D eigenvalue weighted by Crippen LogP contribution is 2.35. The molecular formula is C15H21IO3. The number of aldehydes is 1. The van der Waals surface area contributed by atoms with Crippen LogP contribution in [0.5, 0.6) is 11.5 Å². The Morgan fingerprint density at radius 1 is 1.11 bits per heavy atom. The molecule has 0 N–H and O–H groups in total. The van der Waals surface area contributed by atoms with E-state index in [0.29, 0.717) is 42.1 Å². The van der Waals surface area contributed by atoms with Gasteiger partial charge in [-0.1, -0.05) is 27.7 Å². The fraction of sp³-hybridized carbons (Fsp3) is 0.533. The lowest BCUT2D eigenvalue weighted by atomic mass is 10.2. The Morgan fingerprint density at radius 3 is 2.21 bits per heavy atom. The molecule has 0 saturated carbocycles. The van der Waals surface area contributed by atoms with Crippen LogP contribution in [0.3, 0.4) is 0 Å². The Labute approximate surface area is 128 Å². The van der Waals surface area contributed by atoms with Gasteiger partial charge in [0.1, 0.15) is 0 Å². The second-order valence-electron chi connectivity index (χ2n) is 5.32. The summed E-state index contributed by atoms with van der Waals surface area (Å²) in [4.78, 5) is 11.0. The zero-order valence-corrected chi connectivity index (χ0v) is 14.1. The highest BCUT2D eigenvalue weighted by molar-refractivity contribution is 14.1. The van der Waals surface area contributed by atoms with Crippen molar-refractivity contribution in [3.8, 4) is 11.5 Å². The van der Waals surface area contributed by atoms with Gasteiger partial charge in [-0.25, -0.2) is 0 Å². The van der Waals surface area contributed by atoms with Gasteiger partial charge >= 0.3 is 0 Å². The van der Waals surface area contributed by atoms with Crippen LogP contribution in [0.2, 0.25) is 0 Å². The lowest BCUT2D eigenvalue weighted by Gasteiger charge is -2.17. The maximum Gasteiger partial charge on any atom is 0.175 e. The summed E-state index contributed by atoms with van der Waals surface area (Å²) in [6, 6.07) is 3.58. The van der Waals surface area contributed by atoms with E-state index in [9.17, 15) is 4.79 Å². The molecule has 0 saturated heterocycles. The Hall–Kier alpha value is -0.780. The van der Waals surface area contributed by atoms with E-state index in [-0.39, 0.29) is 0 Å². The van der Waals surface area contributed by atoms with Crippen LogP contribution in [-0.2, 0) is 0 Å². The lowest BCUT2D eigenvalue weighted by Crippen LogP contribution is -2.10. The summed E-state index contributed by atoms with van der Waals surface area (Å²) >= 11 is 2.13. The predicted molar refractivity (Wildman–Crippen MR) is 85.2 cm³/mol. The largest absolute Gasteiger partial charge is 0.489 e. The number of ether oxygens (including phenoxy) is 2. The van der Waals surface area contributed by atoms with Gasteiger partial charge in [-0.15, -0.1) is 0 Å². The summed E-state index contributed by atoms with van der Waals surface area (Å²) in [7, 11) is 0. The van der Waals surface area contributed by atoms with Crippen LogP contribution in [0.25, 0.3) is 0 Å². The third-order valence-corrected chi connectivity index (χ3v) is 3.46. The van der Waals surface area contributed by atoms with Crippen molar-refractivity contribution in [2.24, 2.45) is 11.8 Å². The normalized spacial score (nSPS) is 10.9. The molecule has 19 heavy (non-hydrogen) atoms. The second-order valence-corrected chi connectivity index (χ2v) is 6.40. The first kappa shape index (κ1) is 16.3. The van der Waals surface area contributed by atoms with Crippen LogP contribution in [-0.4, -0.2) is 19.5 Å². The number of carbonyl (C=O) groups is 1. The molecule has 0 heterocycles. The summed E-state index contributed by atoms with van der Waals surface area (Å²) in [5.74, 6) is 2.26. The first-order chi connectivity index (χ1) is 8.95. The fourth-order valence-electron chi connectivity index (χ4n) is 1.40. The van der Waals surface area contributed by atoms with E-state index in [0.717, 1.165) is 9.86 Å². The minimum atomic E-state index is 0.425. The summed E-state index contributed by atoms with van der Waals surface area (Å²) in [6.45, 7) is 9.61. The zero-order valence-electron chi connectivity index (χ0n) is 11.9. The van der Waals surface area contributed by atoms with E-state index in [1.54, 1.807) is 6.07 Å². The number of carbonyl (C=O) groups excluding carboxylic acids is 1. The van der Waals surface area contributed by atoms with Crippen molar-refractivity contribution < 1.29 is 14.3 Å². The van der Waals surface area contributed by atoms with Crippen LogP contribution in [0.1, 0.15) is 38.1 Å². The summed E-state index contributed by atoms with van der Waals surface area (Å²) in [5, 5.41) is 0. The predicted octanol–water partition coefficient (Wildman–Crippen LogP) is 4.17. The van der Waals surface area contributed by atoms with Crippen molar-refractivity contribution in [2.75, 3.05) is 13.2 Å². The summed E-state index contributed by atoms with van der Waals surface area (Å²) < 4.78 is 12.4. The molecule has 0 aliphatic carbocycles. The second kappa shape index (κ2) is 7.72. The molecule has 106 valence electrons. The van der Waals surface area contributed by atoms with Crippen molar-refractivity contribution >= 4 is 28.9 Å². The quantitative estimate of drug-likeness (QED) is 0.529. The van der Waals surface area contributed by atoms with E-state index in [2.05, 4.69) is 50.3 Å². The zero-order chi connectivity index (χ0) is 14.4. The van der Waals surface area contributed by atoms with Gasteiger partial charge in [0.2, 0.25) is 0 Å². The molecule has 1 rings (SSSR count). The minimum Gasteiger partial charge on any atom is -0.489 e. The van der Waals surface area contributed by atoms with Gasteiger partial charge in [0.15, 0.2) is 17.8 Å². The van der Waals surface area contributed by atoms with Crippen LogP contribution in [0.15, 0.2) is 12.1 Å². The van der Waals surface area contributed by atoms with Crippen LogP contribution in [0.4, 0.5) is 0 Å². The van der Waals surface area contributed by atoms with Gasteiger partial charge in [0, 0.05) is 5.56 Å². The molecule has 0 atom stereocenters. The lowest BCUT2D eigenvalue weighted by molar-refractivity contribution is 0.112. The molecule has 4 heteroatoms. The average Bonchev–Trinajstić information content (AvgIpc) is 2.34. The molecule has 1 aromatic carbocycles. The van der Waals surface area contributed by atoms with E-state index in [1.165, 1.54) is 0 Å². The minimum absolute atomic E-state index is 0.425. The van der Waals surface area contributed by atoms with Gasteiger partial charge in [0.25, 0.3) is 0 Å². The molecule has 0 bridgehead atoms.